The van der Waals surface area contributed by atoms with Crippen molar-refractivity contribution in [3.63, 3.8) is 0 Å². The quantitative estimate of drug-likeness (QED) is 0.0610. The normalized spacial score (nSPS) is 10.7. The molecule has 0 bridgehead atoms. The van der Waals surface area contributed by atoms with Gasteiger partial charge in [-0.15, -0.1) is 0 Å². The Balaban J connectivity index is 1.26. The van der Waals surface area contributed by atoms with Gasteiger partial charge >= 0.3 is 17.9 Å². The molecule has 0 unspecified atom stereocenters. The van der Waals surface area contributed by atoms with Gasteiger partial charge in [-0.05, 0) is 112 Å². The molecule has 9 heteroatoms. The lowest BCUT2D eigenvalue weighted by atomic mass is 10.1. The van der Waals surface area contributed by atoms with E-state index in [0.29, 0.717) is 37.5 Å². The van der Waals surface area contributed by atoms with E-state index in [4.69, 9.17) is 18.9 Å². The summed E-state index contributed by atoms with van der Waals surface area (Å²) in [4.78, 5) is 37.0. The van der Waals surface area contributed by atoms with Crippen LogP contribution >= 0.6 is 22.6 Å². The Morgan fingerprint density at radius 1 is 0.762 bits per heavy atom. The van der Waals surface area contributed by atoms with Crippen molar-refractivity contribution >= 4 is 62.0 Å². The SMILES string of the molecule is C=CC(=O)OCOc1ccc2cc(C(=O)Oc3ccc(OC(=O)c4ccc5cc(O)ccc5c4)c(I)c3C)ccc2c1. The van der Waals surface area contributed by atoms with Crippen LogP contribution in [-0.2, 0) is 9.53 Å². The number of aromatic hydroxyl groups is 1. The Morgan fingerprint density at radius 3 is 1.98 bits per heavy atom. The van der Waals surface area contributed by atoms with Gasteiger partial charge in [-0.1, -0.05) is 30.8 Å². The summed E-state index contributed by atoms with van der Waals surface area (Å²) in [6.07, 6.45) is 1.05. The highest BCUT2D eigenvalue weighted by atomic mass is 127. The van der Waals surface area contributed by atoms with Gasteiger partial charge in [0.1, 0.15) is 23.0 Å². The standard InChI is InChI=1S/C33H23IO8/c1-3-30(36)40-18-39-27-11-9-21-15-24(7-5-23(21)17-27)32(37)41-28-12-13-29(31(34)19(28)2)42-33(38)25-6-4-22-16-26(35)10-8-20(22)14-25/h3-17,35H,1,18H2,2H3. The van der Waals surface area contributed by atoms with Gasteiger partial charge < -0.3 is 24.1 Å². The van der Waals surface area contributed by atoms with Crippen molar-refractivity contribution in [2.45, 2.75) is 6.92 Å². The number of fused-ring (bicyclic) bond motifs is 2. The van der Waals surface area contributed by atoms with Gasteiger partial charge in [0.05, 0.1) is 14.7 Å². The maximum absolute atomic E-state index is 13.0. The molecule has 0 atom stereocenters. The molecule has 8 nitrogen and oxygen atoms in total. The Labute approximate surface area is 254 Å². The summed E-state index contributed by atoms with van der Waals surface area (Å²) < 4.78 is 22.2. The minimum Gasteiger partial charge on any atom is -0.508 e. The lowest BCUT2D eigenvalue weighted by molar-refractivity contribution is -0.144. The molecule has 210 valence electrons. The fourth-order valence-corrected chi connectivity index (χ4v) is 4.72. The van der Waals surface area contributed by atoms with Crippen molar-refractivity contribution in [1.29, 1.82) is 0 Å². The predicted molar refractivity (Wildman–Crippen MR) is 165 cm³/mol. The van der Waals surface area contributed by atoms with Crippen LogP contribution in [0.5, 0.6) is 23.0 Å². The van der Waals surface area contributed by atoms with E-state index < -0.39 is 17.9 Å². The minimum atomic E-state index is -0.580. The van der Waals surface area contributed by atoms with Gasteiger partial charge in [-0.2, -0.15) is 0 Å². The first-order chi connectivity index (χ1) is 20.2. The van der Waals surface area contributed by atoms with E-state index in [-0.39, 0.29) is 12.5 Å². The number of hydrogen-bond acceptors (Lipinski definition) is 8. The van der Waals surface area contributed by atoms with E-state index >= 15 is 0 Å². The first-order valence-corrected chi connectivity index (χ1v) is 13.7. The van der Waals surface area contributed by atoms with E-state index in [2.05, 4.69) is 29.2 Å². The Bertz CT molecular complexity index is 1880. The second kappa shape index (κ2) is 12.3. The van der Waals surface area contributed by atoms with Crippen LogP contribution in [0.1, 0.15) is 26.3 Å². The molecule has 5 aromatic carbocycles. The average Bonchev–Trinajstić information content (AvgIpc) is 3.00. The predicted octanol–water partition coefficient (Wildman–Crippen LogP) is 7.12. The van der Waals surface area contributed by atoms with Crippen molar-refractivity contribution < 1.29 is 38.4 Å². The van der Waals surface area contributed by atoms with E-state index in [1.165, 1.54) is 0 Å². The zero-order valence-corrected chi connectivity index (χ0v) is 24.4. The second-order valence-corrected chi connectivity index (χ2v) is 10.3. The van der Waals surface area contributed by atoms with Gasteiger partial charge in [-0.25, -0.2) is 14.4 Å². The number of phenols is 1. The summed E-state index contributed by atoms with van der Waals surface area (Å²) in [5.74, 6) is -0.325. The Morgan fingerprint density at radius 2 is 1.31 bits per heavy atom. The second-order valence-electron chi connectivity index (χ2n) is 9.18. The molecule has 0 saturated heterocycles. The highest BCUT2D eigenvalue weighted by Gasteiger charge is 2.18. The van der Waals surface area contributed by atoms with Crippen LogP contribution in [0, 0.1) is 10.5 Å². The number of benzene rings is 5. The number of phenolic OH excluding ortho intramolecular Hbond substituents is 1. The van der Waals surface area contributed by atoms with Crippen LogP contribution < -0.4 is 14.2 Å². The fourth-order valence-electron chi connectivity index (χ4n) is 4.16. The molecule has 0 spiro atoms. The van der Waals surface area contributed by atoms with E-state index in [9.17, 15) is 19.5 Å². The molecule has 0 aliphatic rings. The molecule has 1 N–H and O–H groups in total. The maximum atomic E-state index is 13.0. The molecule has 0 fully saturated rings. The van der Waals surface area contributed by atoms with Crippen LogP contribution in [0.25, 0.3) is 21.5 Å². The lowest BCUT2D eigenvalue weighted by Gasteiger charge is -2.13. The highest BCUT2D eigenvalue weighted by molar-refractivity contribution is 14.1. The number of hydrogen-bond donors (Lipinski definition) is 1. The summed E-state index contributed by atoms with van der Waals surface area (Å²) in [7, 11) is 0. The van der Waals surface area contributed by atoms with Crippen LogP contribution in [-0.4, -0.2) is 29.8 Å². The molecule has 0 saturated carbocycles. The monoisotopic (exact) mass is 674 g/mol. The first kappa shape index (κ1) is 28.6. The third-order valence-corrected chi connectivity index (χ3v) is 7.75. The molecule has 0 aliphatic heterocycles. The van der Waals surface area contributed by atoms with E-state index in [0.717, 1.165) is 27.6 Å². The van der Waals surface area contributed by atoms with Crippen molar-refractivity contribution in [3.8, 4) is 23.0 Å². The zero-order chi connectivity index (χ0) is 29.8. The van der Waals surface area contributed by atoms with E-state index in [1.807, 2.05) is 0 Å². The van der Waals surface area contributed by atoms with E-state index in [1.54, 1.807) is 91.9 Å². The van der Waals surface area contributed by atoms with Crippen LogP contribution in [0.3, 0.4) is 0 Å². The molecule has 0 aromatic heterocycles. The number of halogens is 1. The molecule has 0 heterocycles. The van der Waals surface area contributed by atoms with Gasteiger partial charge in [-0.3, -0.25) is 0 Å². The lowest BCUT2D eigenvalue weighted by Crippen LogP contribution is -2.12. The fraction of sp³-hybridized carbons (Fsp3) is 0.0606. The molecule has 0 radical (unpaired) electrons. The number of ether oxygens (including phenoxy) is 4. The summed E-state index contributed by atoms with van der Waals surface area (Å²) >= 11 is 2.05. The topological polar surface area (TPSA) is 108 Å². The molecular weight excluding hydrogens is 651 g/mol. The molecular formula is C33H23IO8. The third kappa shape index (κ3) is 6.36. The first-order valence-electron chi connectivity index (χ1n) is 12.6. The number of carbonyl (C=O) groups excluding carboxylic acids is 3. The van der Waals surface area contributed by atoms with Crippen molar-refractivity contribution in [2.75, 3.05) is 6.79 Å². The van der Waals surface area contributed by atoms with Crippen LogP contribution in [0.15, 0.2) is 97.6 Å². The van der Waals surface area contributed by atoms with Crippen LogP contribution in [0.4, 0.5) is 0 Å². The summed E-state index contributed by atoms with van der Waals surface area (Å²) in [6, 6.07) is 23.5. The third-order valence-electron chi connectivity index (χ3n) is 6.41. The Hall–Kier alpha value is -4.90. The van der Waals surface area contributed by atoms with Gasteiger partial charge in [0.25, 0.3) is 0 Å². The van der Waals surface area contributed by atoms with Crippen molar-refractivity contribution in [3.05, 3.63) is 118 Å². The summed E-state index contributed by atoms with van der Waals surface area (Å²) in [6.45, 7) is 4.86. The molecule has 0 amide bonds. The number of esters is 3. The van der Waals surface area contributed by atoms with Gasteiger partial charge in [0.15, 0.2) is 0 Å². The van der Waals surface area contributed by atoms with Crippen LogP contribution in [0.2, 0.25) is 0 Å². The highest BCUT2D eigenvalue weighted by Crippen LogP contribution is 2.33. The summed E-state index contributed by atoms with van der Waals surface area (Å²) in [5.41, 5.74) is 1.36. The maximum Gasteiger partial charge on any atom is 0.343 e. The number of rotatable bonds is 8. The largest absolute Gasteiger partial charge is 0.508 e. The molecule has 5 aromatic rings. The minimum absolute atomic E-state index is 0.148. The van der Waals surface area contributed by atoms with Crippen molar-refractivity contribution in [2.24, 2.45) is 0 Å². The van der Waals surface area contributed by atoms with Crippen molar-refractivity contribution in [1.82, 2.24) is 0 Å². The zero-order valence-electron chi connectivity index (χ0n) is 22.3. The van der Waals surface area contributed by atoms with Gasteiger partial charge in [0.2, 0.25) is 6.79 Å². The molecule has 42 heavy (non-hydrogen) atoms. The summed E-state index contributed by atoms with van der Waals surface area (Å²) in [5, 5.41) is 12.9. The molecule has 5 rings (SSSR count). The van der Waals surface area contributed by atoms with Gasteiger partial charge in [0, 0.05) is 11.6 Å². The number of carbonyl (C=O) groups is 3. The Kier molecular flexibility index (Phi) is 8.39. The smallest absolute Gasteiger partial charge is 0.343 e. The molecule has 0 aliphatic carbocycles. The average molecular weight is 674 g/mol.